The Kier molecular flexibility index (Phi) is 5.38. The van der Waals surface area contributed by atoms with Gasteiger partial charge in [0.1, 0.15) is 5.82 Å². The van der Waals surface area contributed by atoms with Gasteiger partial charge < -0.3 is 16.0 Å². The number of thiazole rings is 1. The molecule has 0 aliphatic carbocycles. The lowest BCUT2D eigenvalue weighted by Crippen LogP contribution is -2.23. The Morgan fingerprint density at radius 2 is 2.04 bits per heavy atom. The summed E-state index contributed by atoms with van der Waals surface area (Å²) in [5, 5.41) is 3.18. The molecule has 0 unspecified atom stereocenters. The number of rotatable bonds is 5. The molecule has 0 radical (unpaired) electrons. The largest absolute Gasteiger partial charge is 0.383 e. The zero-order valence-corrected chi connectivity index (χ0v) is 15.8. The molecule has 134 valence electrons. The molecule has 0 saturated carbocycles. The van der Waals surface area contributed by atoms with Crippen LogP contribution in [0.5, 0.6) is 0 Å². The van der Waals surface area contributed by atoms with Crippen LogP contribution in [0.3, 0.4) is 0 Å². The van der Waals surface area contributed by atoms with Crippen molar-refractivity contribution in [1.29, 1.82) is 0 Å². The maximum Gasteiger partial charge on any atom is 0.253 e. The molecule has 0 fully saturated rings. The highest BCUT2D eigenvalue weighted by Gasteiger charge is 2.19. The van der Waals surface area contributed by atoms with Crippen LogP contribution in [-0.4, -0.2) is 26.1 Å². The summed E-state index contributed by atoms with van der Waals surface area (Å²) < 4.78 is 0. The number of anilines is 2. The number of nitrogens with two attached hydrogens (primary N) is 1. The number of thioether (sulfide) groups is 1. The molecule has 9 heteroatoms. The van der Waals surface area contributed by atoms with Crippen LogP contribution < -0.4 is 16.6 Å². The third-order valence-electron chi connectivity index (χ3n) is 3.47. The van der Waals surface area contributed by atoms with Crippen molar-refractivity contribution >= 4 is 40.0 Å². The molecule has 26 heavy (non-hydrogen) atoms. The van der Waals surface area contributed by atoms with E-state index in [0.717, 1.165) is 27.9 Å². The highest BCUT2D eigenvalue weighted by Crippen LogP contribution is 2.30. The molecule has 3 rings (SSSR count). The summed E-state index contributed by atoms with van der Waals surface area (Å²) in [4.78, 5) is 36.0. The molecule has 0 spiro atoms. The fourth-order valence-electron chi connectivity index (χ4n) is 2.25. The smallest absolute Gasteiger partial charge is 0.253 e. The Morgan fingerprint density at radius 3 is 2.73 bits per heavy atom. The van der Waals surface area contributed by atoms with Crippen LogP contribution in [0.4, 0.5) is 10.9 Å². The minimum absolute atomic E-state index is 0.118. The van der Waals surface area contributed by atoms with Crippen molar-refractivity contribution in [2.75, 3.05) is 11.1 Å². The SMILES string of the molecule is Cc1sc(NC(=O)[C@H](C)Sc2nc(N)cc(=O)[nH]2)nc1-c1ccccc1. The van der Waals surface area contributed by atoms with E-state index in [4.69, 9.17) is 5.73 Å². The topological polar surface area (TPSA) is 114 Å². The fraction of sp³-hybridized carbons (Fsp3) is 0.176. The number of H-pyrrole nitrogens is 1. The number of nitrogens with zero attached hydrogens (tertiary/aromatic N) is 2. The normalized spacial score (nSPS) is 11.9. The second-order valence-corrected chi connectivity index (χ2v) is 8.05. The first-order valence-electron chi connectivity index (χ1n) is 7.79. The molecular weight excluding hydrogens is 370 g/mol. The Morgan fingerprint density at radius 1 is 1.31 bits per heavy atom. The Labute approximate surface area is 158 Å². The summed E-state index contributed by atoms with van der Waals surface area (Å²) in [5.74, 6) is -0.111. The average molecular weight is 387 g/mol. The number of aromatic nitrogens is 3. The first-order chi connectivity index (χ1) is 12.4. The van der Waals surface area contributed by atoms with Gasteiger partial charge in [-0.1, -0.05) is 42.1 Å². The Balaban J connectivity index is 1.70. The van der Waals surface area contributed by atoms with Gasteiger partial charge in [-0.3, -0.25) is 9.59 Å². The van der Waals surface area contributed by atoms with Gasteiger partial charge in [0.2, 0.25) is 5.91 Å². The van der Waals surface area contributed by atoms with E-state index in [0.29, 0.717) is 10.3 Å². The maximum atomic E-state index is 12.4. The van der Waals surface area contributed by atoms with E-state index in [1.54, 1.807) is 6.92 Å². The van der Waals surface area contributed by atoms with Gasteiger partial charge in [-0.25, -0.2) is 9.97 Å². The number of hydrogen-bond donors (Lipinski definition) is 3. The monoisotopic (exact) mass is 387 g/mol. The van der Waals surface area contributed by atoms with Gasteiger partial charge in [0, 0.05) is 16.5 Å². The zero-order chi connectivity index (χ0) is 18.7. The van der Waals surface area contributed by atoms with E-state index in [1.165, 1.54) is 17.4 Å². The lowest BCUT2D eigenvalue weighted by molar-refractivity contribution is -0.115. The number of aryl methyl sites for hydroxylation is 1. The molecule has 0 aliphatic rings. The van der Waals surface area contributed by atoms with Crippen LogP contribution in [0.15, 0.2) is 46.3 Å². The van der Waals surface area contributed by atoms with Crippen LogP contribution >= 0.6 is 23.1 Å². The van der Waals surface area contributed by atoms with E-state index < -0.39 is 5.25 Å². The van der Waals surface area contributed by atoms with Gasteiger partial charge in [-0.15, -0.1) is 11.3 Å². The molecule has 0 aliphatic heterocycles. The molecule has 1 amide bonds. The predicted octanol–water partition coefficient (Wildman–Crippen LogP) is 2.90. The lowest BCUT2D eigenvalue weighted by atomic mass is 10.1. The molecule has 2 aromatic heterocycles. The van der Waals surface area contributed by atoms with Crippen molar-refractivity contribution in [3.05, 3.63) is 51.6 Å². The van der Waals surface area contributed by atoms with Crippen molar-refractivity contribution in [2.45, 2.75) is 24.3 Å². The Bertz CT molecular complexity index is 984. The number of hydrogen-bond acceptors (Lipinski definition) is 7. The summed E-state index contributed by atoms with van der Waals surface area (Å²) in [6.07, 6.45) is 0. The van der Waals surface area contributed by atoms with Gasteiger partial charge in [-0.2, -0.15) is 0 Å². The van der Waals surface area contributed by atoms with Crippen molar-refractivity contribution < 1.29 is 4.79 Å². The number of aromatic amines is 1. The van der Waals surface area contributed by atoms with E-state index in [9.17, 15) is 9.59 Å². The molecule has 1 atom stereocenters. The summed E-state index contributed by atoms with van der Waals surface area (Å²) >= 11 is 2.55. The number of amides is 1. The molecule has 4 N–H and O–H groups in total. The highest BCUT2D eigenvalue weighted by molar-refractivity contribution is 8.00. The van der Waals surface area contributed by atoms with E-state index in [1.807, 2.05) is 37.3 Å². The van der Waals surface area contributed by atoms with E-state index in [2.05, 4.69) is 20.3 Å². The standard InChI is InChI=1S/C17H17N5O2S2/c1-9-14(11-6-4-3-5-7-11)21-17(25-9)22-15(24)10(2)26-16-19-12(18)8-13(23)20-16/h3-8,10H,1-2H3,(H,21,22,24)(H3,18,19,20,23)/t10-/m0/s1. The second-order valence-electron chi connectivity index (χ2n) is 5.51. The minimum Gasteiger partial charge on any atom is -0.383 e. The third-order valence-corrected chi connectivity index (χ3v) is 5.34. The highest BCUT2D eigenvalue weighted by atomic mass is 32.2. The quantitative estimate of drug-likeness (QED) is 0.458. The number of carbonyl (C=O) groups excluding carboxylic acids is 1. The zero-order valence-electron chi connectivity index (χ0n) is 14.1. The molecule has 0 saturated heterocycles. The molecular formula is C17H17N5O2S2. The fourth-order valence-corrected chi connectivity index (χ4v) is 3.91. The average Bonchev–Trinajstić information content (AvgIpc) is 2.95. The summed E-state index contributed by atoms with van der Waals surface area (Å²) in [5.41, 5.74) is 7.06. The molecule has 2 heterocycles. The lowest BCUT2D eigenvalue weighted by Gasteiger charge is -2.09. The van der Waals surface area contributed by atoms with E-state index in [-0.39, 0.29) is 17.3 Å². The first-order valence-corrected chi connectivity index (χ1v) is 9.49. The number of benzene rings is 1. The van der Waals surface area contributed by atoms with Crippen molar-refractivity contribution in [1.82, 2.24) is 15.0 Å². The van der Waals surface area contributed by atoms with Crippen LogP contribution in [-0.2, 0) is 4.79 Å². The second kappa shape index (κ2) is 7.71. The van der Waals surface area contributed by atoms with Crippen LogP contribution in [0.25, 0.3) is 11.3 Å². The van der Waals surface area contributed by atoms with E-state index >= 15 is 0 Å². The third kappa shape index (κ3) is 4.30. The summed E-state index contributed by atoms with van der Waals surface area (Å²) in [6, 6.07) is 11.0. The summed E-state index contributed by atoms with van der Waals surface area (Å²) in [6.45, 7) is 3.69. The molecule has 7 nitrogen and oxygen atoms in total. The van der Waals surface area contributed by atoms with Gasteiger partial charge in [-0.05, 0) is 13.8 Å². The van der Waals surface area contributed by atoms with Gasteiger partial charge in [0.15, 0.2) is 10.3 Å². The molecule has 1 aromatic carbocycles. The predicted molar refractivity (Wildman–Crippen MR) is 106 cm³/mol. The molecule has 3 aromatic rings. The van der Waals surface area contributed by atoms with Crippen LogP contribution in [0.2, 0.25) is 0 Å². The molecule has 0 bridgehead atoms. The summed E-state index contributed by atoms with van der Waals surface area (Å²) in [7, 11) is 0. The van der Waals surface area contributed by atoms with Crippen molar-refractivity contribution in [3.63, 3.8) is 0 Å². The van der Waals surface area contributed by atoms with Gasteiger partial charge in [0.05, 0.1) is 10.9 Å². The van der Waals surface area contributed by atoms with Crippen molar-refractivity contribution in [3.8, 4) is 11.3 Å². The van der Waals surface area contributed by atoms with Crippen LogP contribution in [0, 0.1) is 6.92 Å². The number of nitrogens with one attached hydrogen (secondary N) is 2. The van der Waals surface area contributed by atoms with Crippen LogP contribution in [0.1, 0.15) is 11.8 Å². The number of carbonyl (C=O) groups is 1. The first kappa shape index (κ1) is 18.2. The van der Waals surface area contributed by atoms with Gasteiger partial charge >= 0.3 is 0 Å². The minimum atomic E-state index is -0.482. The number of nitrogen functional groups attached to an aromatic ring is 1. The maximum absolute atomic E-state index is 12.4. The van der Waals surface area contributed by atoms with Gasteiger partial charge in [0.25, 0.3) is 5.56 Å². The van der Waals surface area contributed by atoms with Crippen molar-refractivity contribution in [2.24, 2.45) is 0 Å². The Hall–Kier alpha value is -2.65.